The molecule has 0 unspecified atom stereocenters. The Morgan fingerprint density at radius 1 is 1.50 bits per heavy atom. The highest BCUT2D eigenvalue weighted by molar-refractivity contribution is 5.94. The van der Waals surface area contributed by atoms with Crippen LogP contribution in [0.1, 0.15) is 16.1 Å². The van der Waals surface area contributed by atoms with Crippen LogP contribution in [0.4, 0.5) is 5.69 Å². The number of morpholine rings is 1. The van der Waals surface area contributed by atoms with Crippen LogP contribution < -0.4 is 4.90 Å². The topological polar surface area (TPSA) is 62.7 Å². The normalized spacial score (nSPS) is 16.2. The van der Waals surface area contributed by atoms with Crippen LogP contribution in [-0.2, 0) is 4.74 Å². The molecule has 0 spiro atoms. The molecule has 86 valence electrons. The highest BCUT2D eigenvalue weighted by Crippen LogP contribution is 2.21. The van der Waals surface area contributed by atoms with Crippen molar-refractivity contribution in [2.45, 2.75) is 6.92 Å². The lowest BCUT2D eigenvalue weighted by molar-refractivity contribution is 0.0696. The number of hydrogen-bond acceptors (Lipinski definition) is 4. The summed E-state index contributed by atoms with van der Waals surface area (Å²) in [7, 11) is 0. The van der Waals surface area contributed by atoms with E-state index in [1.165, 1.54) is 6.20 Å². The van der Waals surface area contributed by atoms with Crippen molar-refractivity contribution in [3.8, 4) is 0 Å². The molecule has 0 radical (unpaired) electrons. The number of carboxylic acids is 1. The zero-order chi connectivity index (χ0) is 11.5. The Balaban J connectivity index is 2.36. The fraction of sp³-hybridized carbons (Fsp3) is 0.455. The van der Waals surface area contributed by atoms with Crippen LogP contribution >= 0.6 is 0 Å². The Kier molecular flexibility index (Phi) is 3.05. The van der Waals surface area contributed by atoms with E-state index in [4.69, 9.17) is 9.84 Å². The van der Waals surface area contributed by atoms with E-state index in [0.717, 1.165) is 24.5 Å². The number of aromatic nitrogens is 1. The number of rotatable bonds is 2. The molecule has 5 heteroatoms. The fourth-order valence-corrected chi connectivity index (χ4v) is 1.78. The van der Waals surface area contributed by atoms with E-state index >= 15 is 0 Å². The molecule has 1 aromatic rings. The van der Waals surface area contributed by atoms with E-state index in [-0.39, 0.29) is 5.56 Å². The van der Waals surface area contributed by atoms with Crippen molar-refractivity contribution in [3.05, 3.63) is 23.5 Å². The lowest BCUT2D eigenvalue weighted by Gasteiger charge is -2.29. The summed E-state index contributed by atoms with van der Waals surface area (Å²) in [5.41, 5.74) is 1.82. The number of anilines is 1. The van der Waals surface area contributed by atoms with Gasteiger partial charge in [-0.3, -0.25) is 4.98 Å². The molecule has 5 nitrogen and oxygen atoms in total. The van der Waals surface area contributed by atoms with Gasteiger partial charge >= 0.3 is 5.97 Å². The molecule has 0 aliphatic carbocycles. The van der Waals surface area contributed by atoms with Gasteiger partial charge in [0.2, 0.25) is 0 Å². The largest absolute Gasteiger partial charge is 0.478 e. The van der Waals surface area contributed by atoms with Crippen molar-refractivity contribution in [2.75, 3.05) is 31.2 Å². The smallest absolute Gasteiger partial charge is 0.339 e. The SMILES string of the molecule is Cc1cc(N2CCOCC2)c(C(=O)O)cn1. The third-order valence-electron chi connectivity index (χ3n) is 2.60. The first-order valence-corrected chi connectivity index (χ1v) is 5.21. The van der Waals surface area contributed by atoms with Crippen LogP contribution in [0.2, 0.25) is 0 Å². The highest BCUT2D eigenvalue weighted by Gasteiger charge is 2.18. The maximum atomic E-state index is 11.1. The first-order valence-electron chi connectivity index (χ1n) is 5.21. The summed E-state index contributed by atoms with van der Waals surface area (Å²) in [5, 5.41) is 9.09. The van der Waals surface area contributed by atoms with Gasteiger partial charge in [-0.1, -0.05) is 0 Å². The first kappa shape index (κ1) is 10.9. The summed E-state index contributed by atoms with van der Waals surface area (Å²) in [5.74, 6) is -0.936. The van der Waals surface area contributed by atoms with Crippen molar-refractivity contribution in [3.63, 3.8) is 0 Å². The van der Waals surface area contributed by atoms with E-state index in [1.807, 2.05) is 17.9 Å². The lowest BCUT2D eigenvalue weighted by atomic mass is 10.2. The Bertz CT molecular complexity index is 400. The van der Waals surface area contributed by atoms with Crippen LogP contribution in [0.3, 0.4) is 0 Å². The number of pyridine rings is 1. The molecule has 1 aromatic heterocycles. The van der Waals surface area contributed by atoms with Gasteiger partial charge in [0.05, 0.1) is 18.9 Å². The van der Waals surface area contributed by atoms with Gasteiger partial charge < -0.3 is 14.7 Å². The van der Waals surface area contributed by atoms with Crippen LogP contribution in [0.15, 0.2) is 12.3 Å². The number of hydrogen-bond donors (Lipinski definition) is 1. The van der Waals surface area contributed by atoms with E-state index in [0.29, 0.717) is 13.2 Å². The average Bonchev–Trinajstić information content (AvgIpc) is 2.29. The molecule has 1 fully saturated rings. The van der Waals surface area contributed by atoms with Crippen molar-refractivity contribution in [2.24, 2.45) is 0 Å². The van der Waals surface area contributed by atoms with Gasteiger partial charge in [0, 0.05) is 25.0 Å². The van der Waals surface area contributed by atoms with Gasteiger partial charge in [0.1, 0.15) is 5.56 Å². The second-order valence-corrected chi connectivity index (χ2v) is 3.75. The number of carbonyl (C=O) groups is 1. The minimum absolute atomic E-state index is 0.257. The molecular formula is C11H14N2O3. The maximum absolute atomic E-state index is 11.1. The lowest BCUT2D eigenvalue weighted by Crippen LogP contribution is -2.37. The summed E-state index contributed by atoms with van der Waals surface area (Å²) in [6.07, 6.45) is 1.42. The highest BCUT2D eigenvalue weighted by atomic mass is 16.5. The molecule has 0 aromatic carbocycles. The zero-order valence-electron chi connectivity index (χ0n) is 9.14. The monoisotopic (exact) mass is 222 g/mol. The number of ether oxygens (including phenoxy) is 1. The summed E-state index contributed by atoms with van der Waals surface area (Å²) < 4.78 is 5.25. The van der Waals surface area contributed by atoms with E-state index < -0.39 is 5.97 Å². The molecule has 1 N–H and O–H groups in total. The molecule has 2 heterocycles. The van der Waals surface area contributed by atoms with Crippen molar-refractivity contribution >= 4 is 11.7 Å². The Labute approximate surface area is 93.7 Å². The number of aryl methyl sites for hydroxylation is 1. The molecular weight excluding hydrogens is 208 g/mol. The van der Waals surface area contributed by atoms with Crippen LogP contribution in [0.25, 0.3) is 0 Å². The number of aromatic carboxylic acids is 1. The summed E-state index contributed by atoms with van der Waals surface area (Å²) in [6, 6.07) is 1.81. The minimum atomic E-state index is -0.936. The Morgan fingerprint density at radius 2 is 2.19 bits per heavy atom. The molecule has 0 saturated carbocycles. The molecule has 1 aliphatic heterocycles. The molecule has 2 rings (SSSR count). The molecule has 0 bridgehead atoms. The summed E-state index contributed by atoms with van der Waals surface area (Å²) in [4.78, 5) is 17.1. The average molecular weight is 222 g/mol. The van der Waals surface area contributed by atoms with Crippen molar-refractivity contribution in [1.82, 2.24) is 4.98 Å². The van der Waals surface area contributed by atoms with E-state index in [1.54, 1.807) is 0 Å². The molecule has 16 heavy (non-hydrogen) atoms. The predicted octanol–water partition coefficient (Wildman–Crippen LogP) is 0.925. The van der Waals surface area contributed by atoms with Gasteiger partial charge in [-0.2, -0.15) is 0 Å². The molecule has 0 atom stereocenters. The Hall–Kier alpha value is -1.62. The van der Waals surface area contributed by atoms with Gasteiger partial charge in [0.25, 0.3) is 0 Å². The zero-order valence-corrected chi connectivity index (χ0v) is 9.14. The van der Waals surface area contributed by atoms with Gasteiger partial charge in [-0.05, 0) is 13.0 Å². The number of nitrogens with zero attached hydrogens (tertiary/aromatic N) is 2. The third kappa shape index (κ3) is 2.14. The molecule has 1 aliphatic rings. The van der Waals surface area contributed by atoms with Crippen LogP contribution in [-0.4, -0.2) is 42.4 Å². The van der Waals surface area contributed by atoms with Crippen LogP contribution in [0.5, 0.6) is 0 Å². The maximum Gasteiger partial charge on any atom is 0.339 e. The van der Waals surface area contributed by atoms with Gasteiger partial charge in [0.15, 0.2) is 0 Å². The quantitative estimate of drug-likeness (QED) is 0.806. The predicted molar refractivity (Wildman–Crippen MR) is 59.0 cm³/mol. The number of carboxylic acid groups (broad SMARTS) is 1. The summed E-state index contributed by atoms with van der Waals surface area (Å²) >= 11 is 0. The molecule has 0 amide bonds. The second-order valence-electron chi connectivity index (χ2n) is 3.75. The molecule has 1 saturated heterocycles. The fourth-order valence-electron chi connectivity index (χ4n) is 1.78. The van der Waals surface area contributed by atoms with Crippen LogP contribution in [0, 0.1) is 6.92 Å². The van der Waals surface area contributed by atoms with E-state index in [2.05, 4.69) is 4.98 Å². The van der Waals surface area contributed by atoms with E-state index in [9.17, 15) is 4.79 Å². The minimum Gasteiger partial charge on any atom is -0.478 e. The van der Waals surface area contributed by atoms with Crippen molar-refractivity contribution < 1.29 is 14.6 Å². The Morgan fingerprint density at radius 3 is 2.81 bits per heavy atom. The standard InChI is InChI=1S/C11H14N2O3/c1-8-6-10(9(7-12-8)11(14)15)13-2-4-16-5-3-13/h6-7H,2-5H2,1H3,(H,14,15). The van der Waals surface area contributed by atoms with Gasteiger partial charge in [-0.15, -0.1) is 0 Å². The second kappa shape index (κ2) is 4.49. The van der Waals surface area contributed by atoms with Crippen molar-refractivity contribution in [1.29, 1.82) is 0 Å². The van der Waals surface area contributed by atoms with Gasteiger partial charge in [-0.25, -0.2) is 4.79 Å². The summed E-state index contributed by atoms with van der Waals surface area (Å²) in [6.45, 7) is 4.59. The third-order valence-corrected chi connectivity index (χ3v) is 2.60. The first-order chi connectivity index (χ1) is 7.68.